The molecular formula is C22H28FN3O3S. The smallest absolute Gasteiger partial charge is 0.255 e. The van der Waals surface area contributed by atoms with E-state index in [0.29, 0.717) is 24.6 Å². The zero-order valence-electron chi connectivity index (χ0n) is 18.0. The first-order valence-electron chi connectivity index (χ1n) is 9.52. The second kappa shape index (κ2) is 9.06. The van der Waals surface area contributed by atoms with Crippen molar-refractivity contribution in [3.8, 4) is 5.75 Å². The molecule has 0 fully saturated rings. The number of nitrogens with zero attached hydrogens (tertiary/aromatic N) is 2. The zero-order valence-corrected chi connectivity index (χ0v) is 18.8. The predicted molar refractivity (Wildman–Crippen MR) is 122 cm³/mol. The van der Waals surface area contributed by atoms with Gasteiger partial charge >= 0.3 is 0 Å². The maximum atomic E-state index is 13.6. The minimum Gasteiger partial charge on any atom is -0.494 e. The van der Waals surface area contributed by atoms with Crippen LogP contribution in [0.3, 0.4) is 0 Å². The molecule has 162 valence electrons. The standard InChI is InChI=1S/C22H28FN3O3S/c1-15-10-16(22(27)25-17-6-7-18(23)20(12-17)28-2)11-19-21(15)24-13-26(19)14-29-8-9-30(3,4)5/h6-7,10-13H,8-9,14H2,1-5H3,(H,25,27). The second-order valence-corrected chi connectivity index (χ2v) is 12.6. The monoisotopic (exact) mass is 433 g/mol. The summed E-state index contributed by atoms with van der Waals surface area (Å²) in [6.45, 7) is 2.98. The van der Waals surface area contributed by atoms with Crippen molar-refractivity contribution in [3.63, 3.8) is 0 Å². The number of hydrogen-bond donors (Lipinski definition) is 1. The number of aromatic nitrogens is 2. The van der Waals surface area contributed by atoms with Crippen LogP contribution in [0.5, 0.6) is 5.75 Å². The molecule has 0 spiro atoms. The Morgan fingerprint density at radius 1 is 1.23 bits per heavy atom. The third-order valence-corrected chi connectivity index (χ3v) is 6.05. The molecule has 0 saturated heterocycles. The van der Waals surface area contributed by atoms with Crippen molar-refractivity contribution in [2.45, 2.75) is 13.7 Å². The fourth-order valence-electron chi connectivity index (χ4n) is 2.98. The molecule has 0 aliphatic carbocycles. The lowest BCUT2D eigenvalue weighted by molar-refractivity contribution is 0.0922. The number of methoxy groups -OCH3 is 1. The van der Waals surface area contributed by atoms with Crippen LogP contribution in [-0.4, -0.2) is 53.7 Å². The van der Waals surface area contributed by atoms with E-state index < -0.39 is 15.8 Å². The van der Waals surface area contributed by atoms with Gasteiger partial charge in [-0.3, -0.25) is 4.79 Å². The predicted octanol–water partition coefficient (Wildman–Crippen LogP) is 4.41. The highest BCUT2D eigenvalue weighted by Crippen LogP contribution is 2.33. The second-order valence-electron chi connectivity index (χ2n) is 8.01. The topological polar surface area (TPSA) is 65.4 Å². The molecule has 2 aromatic carbocycles. The molecule has 1 aromatic heterocycles. The van der Waals surface area contributed by atoms with Crippen LogP contribution in [0.25, 0.3) is 11.0 Å². The van der Waals surface area contributed by atoms with Crippen LogP contribution < -0.4 is 10.1 Å². The summed E-state index contributed by atoms with van der Waals surface area (Å²) in [5.41, 5.74) is 3.51. The molecule has 0 unspecified atom stereocenters. The third-order valence-electron chi connectivity index (χ3n) is 4.66. The van der Waals surface area contributed by atoms with Crippen molar-refractivity contribution in [1.29, 1.82) is 0 Å². The number of benzene rings is 2. The fourth-order valence-corrected chi connectivity index (χ4v) is 3.60. The summed E-state index contributed by atoms with van der Waals surface area (Å²) in [4.78, 5) is 17.3. The number of aryl methyl sites for hydroxylation is 1. The summed E-state index contributed by atoms with van der Waals surface area (Å²) >= 11 is 0. The lowest BCUT2D eigenvalue weighted by Gasteiger charge is -2.24. The van der Waals surface area contributed by atoms with Gasteiger partial charge in [0.15, 0.2) is 11.6 Å². The lowest BCUT2D eigenvalue weighted by atomic mass is 10.1. The summed E-state index contributed by atoms with van der Waals surface area (Å²) in [7, 11) is 0.777. The molecule has 1 amide bonds. The molecule has 0 bridgehead atoms. The van der Waals surface area contributed by atoms with Gasteiger partial charge in [0.25, 0.3) is 5.91 Å². The normalized spacial score (nSPS) is 12.2. The highest BCUT2D eigenvalue weighted by atomic mass is 32.3. The van der Waals surface area contributed by atoms with Crippen LogP contribution in [0.2, 0.25) is 0 Å². The Kier molecular flexibility index (Phi) is 6.67. The first-order valence-corrected chi connectivity index (χ1v) is 12.5. The summed E-state index contributed by atoms with van der Waals surface area (Å²) in [6.07, 6.45) is 8.50. The Labute approximate surface area is 177 Å². The molecule has 0 aliphatic rings. The van der Waals surface area contributed by atoms with Gasteiger partial charge in [-0.1, -0.05) is 0 Å². The summed E-state index contributed by atoms with van der Waals surface area (Å²) in [5.74, 6) is 0.336. The largest absolute Gasteiger partial charge is 0.494 e. The Hall–Kier alpha value is -2.58. The number of hydrogen-bond acceptors (Lipinski definition) is 4. The van der Waals surface area contributed by atoms with E-state index in [4.69, 9.17) is 9.47 Å². The van der Waals surface area contributed by atoms with Crippen LogP contribution in [0.15, 0.2) is 36.7 Å². The molecule has 30 heavy (non-hydrogen) atoms. The maximum absolute atomic E-state index is 13.6. The number of carbonyl (C=O) groups excluding carboxylic acids is 1. The quantitative estimate of drug-likeness (QED) is 0.535. The Bertz CT molecular complexity index is 1060. The van der Waals surface area contributed by atoms with Gasteiger partial charge in [0, 0.05) is 23.1 Å². The minimum atomic E-state index is -0.605. The summed E-state index contributed by atoms with van der Waals surface area (Å²) in [5, 5.41) is 2.79. The van der Waals surface area contributed by atoms with Crippen LogP contribution >= 0.6 is 10.0 Å². The number of rotatable bonds is 8. The van der Waals surface area contributed by atoms with Crippen molar-refractivity contribution in [1.82, 2.24) is 9.55 Å². The molecule has 0 radical (unpaired) electrons. The van der Waals surface area contributed by atoms with Gasteiger partial charge in [-0.05, 0) is 55.5 Å². The van der Waals surface area contributed by atoms with Gasteiger partial charge < -0.3 is 19.4 Å². The van der Waals surface area contributed by atoms with Crippen molar-refractivity contribution in [3.05, 3.63) is 53.6 Å². The van der Waals surface area contributed by atoms with Crippen molar-refractivity contribution >= 4 is 32.7 Å². The number of carbonyl (C=O) groups is 1. The number of anilines is 1. The SMILES string of the molecule is COc1cc(NC(=O)c2cc(C)c3ncn(COCCS(C)(C)C)c3c2)ccc1F. The molecule has 3 aromatic rings. The maximum Gasteiger partial charge on any atom is 0.255 e. The zero-order chi connectivity index (χ0) is 21.9. The third kappa shape index (κ3) is 5.31. The lowest BCUT2D eigenvalue weighted by Crippen LogP contribution is -2.13. The average molecular weight is 434 g/mol. The Morgan fingerprint density at radius 2 is 2.00 bits per heavy atom. The summed E-state index contributed by atoms with van der Waals surface area (Å²) < 4.78 is 26.3. The molecule has 3 rings (SSSR count). The molecule has 0 atom stereocenters. The number of fused-ring (bicyclic) bond motifs is 1. The molecule has 1 heterocycles. The highest BCUT2D eigenvalue weighted by molar-refractivity contribution is 8.32. The van der Waals surface area contributed by atoms with Gasteiger partial charge in [-0.2, -0.15) is 0 Å². The van der Waals surface area contributed by atoms with Gasteiger partial charge in [0.1, 0.15) is 6.73 Å². The average Bonchev–Trinajstić information content (AvgIpc) is 3.09. The number of imidazole rings is 1. The number of amides is 1. The summed E-state index contributed by atoms with van der Waals surface area (Å²) in [6, 6.07) is 7.79. The Balaban J connectivity index is 1.78. The molecule has 6 nitrogen and oxygen atoms in total. The van der Waals surface area contributed by atoms with Crippen molar-refractivity contribution < 1.29 is 18.7 Å². The molecule has 0 saturated carbocycles. The van der Waals surface area contributed by atoms with Crippen LogP contribution in [0.1, 0.15) is 15.9 Å². The number of halogens is 1. The fraction of sp³-hybridized carbons (Fsp3) is 0.364. The number of ether oxygens (including phenoxy) is 2. The van der Waals surface area contributed by atoms with Crippen LogP contribution in [-0.2, 0) is 11.5 Å². The number of nitrogens with one attached hydrogen (secondary N) is 1. The van der Waals surface area contributed by atoms with E-state index in [-0.39, 0.29) is 11.7 Å². The van der Waals surface area contributed by atoms with E-state index in [0.717, 1.165) is 22.3 Å². The van der Waals surface area contributed by atoms with Crippen LogP contribution in [0, 0.1) is 12.7 Å². The van der Waals surface area contributed by atoms with Gasteiger partial charge in [-0.25, -0.2) is 19.4 Å². The van der Waals surface area contributed by atoms with Crippen LogP contribution in [0.4, 0.5) is 10.1 Å². The van der Waals surface area contributed by atoms with E-state index in [1.165, 1.54) is 25.3 Å². The van der Waals surface area contributed by atoms with Crippen molar-refractivity contribution in [2.24, 2.45) is 0 Å². The Morgan fingerprint density at radius 3 is 2.70 bits per heavy atom. The van der Waals surface area contributed by atoms with E-state index in [9.17, 15) is 9.18 Å². The molecule has 0 aliphatic heterocycles. The van der Waals surface area contributed by atoms with Crippen molar-refractivity contribution in [2.75, 3.05) is 43.6 Å². The van der Waals surface area contributed by atoms with E-state index >= 15 is 0 Å². The molecular weight excluding hydrogens is 405 g/mol. The first kappa shape index (κ1) is 22.1. The van der Waals surface area contributed by atoms with E-state index in [2.05, 4.69) is 29.1 Å². The highest BCUT2D eigenvalue weighted by Gasteiger charge is 2.14. The van der Waals surface area contributed by atoms with E-state index in [1.807, 2.05) is 11.5 Å². The molecule has 8 heteroatoms. The first-order chi connectivity index (χ1) is 14.2. The van der Waals surface area contributed by atoms with Gasteiger partial charge in [-0.15, -0.1) is 0 Å². The molecule has 1 N–H and O–H groups in total. The van der Waals surface area contributed by atoms with Gasteiger partial charge in [0.05, 0.1) is 31.1 Å². The van der Waals surface area contributed by atoms with Gasteiger partial charge in [0.2, 0.25) is 0 Å². The minimum absolute atomic E-state index is 0.0757. The van der Waals surface area contributed by atoms with E-state index in [1.54, 1.807) is 18.5 Å².